The highest BCUT2D eigenvalue weighted by atomic mass is 16.6. The van der Waals surface area contributed by atoms with Crippen LogP contribution in [0.2, 0.25) is 0 Å². The summed E-state index contributed by atoms with van der Waals surface area (Å²) in [6.45, 7) is 20.7. The first-order valence-electron chi connectivity index (χ1n) is 15.9. The standard InChI is InChI=1S/C40H56O3/c1-31(19-13-21-33(3)24-25-36(42)37(6,7)27-15-23-35(5)41)17-11-12-18-32(2)20-14-22-34(4)26-30-40-38(8,9)28-16-29-39(40,10)43-40/h11-14,17-22,24-26,30H,15-16,23,27-29H2,1-10H3/b12-11+,19-13+,20-14+,25-24+,30-26+,31-17+,32-18+,33-21+,34-22+. The van der Waals surface area contributed by atoms with Crippen molar-refractivity contribution in [3.63, 3.8) is 0 Å². The van der Waals surface area contributed by atoms with Crippen LogP contribution in [0.15, 0.2) is 107 Å². The Bertz CT molecular complexity index is 1280. The summed E-state index contributed by atoms with van der Waals surface area (Å²) in [7, 11) is 0. The maximum atomic E-state index is 12.6. The normalized spacial score (nSPS) is 25.5. The highest BCUT2D eigenvalue weighted by Gasteiger charge is 2.73. The summed E-state index contributed by atoms with van der Waals surface area (Å²) in [6, 6.07) is 0. The summed E-state index contributed by atoms with van der Waals surface area (Å²) >= 11 is 0. The number of hydrogen-bond donors (Lipinski definition) is 0. The number of Topliss-reactive ketones (excluding diaryl/α,β-unsaturated/α-hetero) is 1. The van der Waals surface area contributed by atoms with Crippen LogP contribution < -0.4 is 0 Å². The number of rotatable bonds is 15. The maximum Gasteiger partial charge on any atom is 0.161 e. The van der Waals surface area contributed by atoms with Gasteiger partial charge >= 0.3 is 0 Å². The topological polar surface area (TPSA) is 46.7 Å². The van der Waals surface area contributed by atoms with E-state index in [1.807, 2.05) is 45.1 Å². The third-order valence-corrected chi connectivity index (χ3v) is 8.93. The summed E-state index contributed by atoms with van der Waals surface area (Å²) in [5.74, 6) is 0.264. The minimum atomic E-state index is -0.455. The average Bonchev–Trinajstić information content (AvgIpc) is 3.55. The van der Waals surface area contributed by atoms with Gasteiger partial charge in [-0.05, 0) is 85.8 Å². The fourth-order valence-corrected chi connectivity index (χ4v) is 5.83. The van der Waals surface area contributed by atoms with Gasteiger partial charge < -0.3 is 9.53 Å². The first kappa shape index (κ1) is 36.2. The number of allylic oxidation sites excluding steroid dienone is 17. The molecule has 43 heavy (non-hydrogen) atoms. The molecule has 1 heterocycles. The summed E-state index contributed by atoms with van der Waals surface area (Å²) in [5.41, 5.74) is 4.13. The van der Waals surface area contributed by atoms with Crippen LogP contribution in [0.5, 0.6) is 0 Å². The molecule has 3 heteroatoms. The molecule has 0 aromatic rings. The van der Waals surface area contributed by atoms with Gasteiger partial charge in [0.1, 0.15) is 11.4 Å². The third kappa shape index (κ3) is 10.9. The quantitative estimate of drug-likeness (QED) is 0.109. The Labute approximate surface area is 262 Å². The second kappa shape index (κ2) is 15.6. The summed E-state index contributed by atoms with van der Waals surface area (Å²) < 4.78 is 6.33. The Hall–Kier alpha value is -3.04. The van der Waals surface area contributed by atoms with E-state index in [9.17, 15) is 9.59 Å². The molecule has 0 aromatic heterocycles. The number of ketones is 2. The zero-order valence-corrected chi connectivity index (χ0v) is 28.6. The number of epoxide rings is 1. The molecule has 2 rings (SSSR count). The largest absolute Gasteiger partial charge is 0.358 e. The molecule has 1 aliphatic heterocycles. The van der Waals surface area contributed by atoms with Crippen molar-refractivity contribution in [2.45, 2.75) is 119 Å². The van der Waals surface area contributed by atoms with E-state index >= 15 is 0 Å². The van der Waals surface area contributed by atoms with Crippen molar-refractivity contribution in [2.24, 2.45) is 10.8 Å². The van der Waals surface area contributed by atoms with E-state index in [0.29, 0.717) is 12.8 Å². The summed E-state index contributed by atoms with van der Waals surface area (Å²) in [5, 5.41) is 0. The predicted molar refractivity (Wildman–Crippen MR) is 184 cm³/mol. The molecule has 0 N–H and O–H groups in total. The zero-order valence-electron chi connectivity index (χ0n) is 28.6. The molecule has 1 saturated heterocycles. The van der Waals surface area contributed by atoms with Crippen molar-refractivity contribution in [3.8, 4) is 0 Å². The molecule has 0 bridgehead atoms. The number of carbonyl (C=O) groups is 2. The number of carbonyl (C=O) groups excluding carboxylic acids is 2. The molecule has 234 valence electrons. The lowest BCUT2D eigenvalue weighted by Crippen LogP contribution is -2.41. The molecule has 1 aliphatic carbocycles. The van der Waals surface area contributed by atoms with Crippen LogP contribution in [0, 0.1) is 10.8 Å². The van der Waals surface area contributed by atoms with Gasteiger partial charge in [0.15, 0.2) is 5.78 Å². The maximum absolute atomic E-state index is 12.6. The van der Waals surface area contributed by atoms with Crippen molar-refractivity contribution in [1.29, 1.82) is 0 Å². The van der Waals surface area contributed by atoms with Crippen LogP contribution >= 0.6 is 0 Å². The van der Waals surface area contributed by atoms with Crippen molar-refractivity contribution in [1.82, 2.24) is 0 Å². The van der Waals surface area contributed by atoms with Gasteiger partial charge in [0, 0.05) is 17.3 Å². The first-order chi connectivity index (χ1) is 20.0. The van der Waals surface area contributed by atoms with Crippen LogP contribution in [-0.4, -0.2) is 22.8 Å². The minimum Gasteiger partial charge on any atom is -0.358 e. The van der Waals surface area contributed by atoms with Crippen LogP contribution in [0.4, 0.5) is 0 Å². The predicted octanol–water partition coefficient (Wildman–Crippen LogP) is 10.6. The smallest absolute Gasteiger partial charge is 0.161 e. The molecule has 0 amide bonds. The van der Waals surface area contributed by atoms with Crippen molar-refractivity contribution in [2.75, 3.05) is 0 Å². The highest BCUT2D eigenvalue weighted by molar-refractivity contribution is 5.94. The molecule has 2 fully saturated rings. The van der Waals surface area contributed by atoms with E-state index in [2.05, 4.69) is 96.2 Å². The van der Waals surface area contributed by atoms with Gasteiger partial charge in [0.2, 0.25) is 0 Å². The molecule has 1 saturated carbocycles. The fourth-order valence-electron chi connectivity index (χ4n) is 5.83. The Morgan fingerprint density at radius 1 is 0.698 bits per heavy atom. The Balaban J connectivity index is 1.84. The number of hydrogen-bond acceptors (Lipinski definition) is 3. The van der Waals surface area contributed by atoms with Gasteiger partial charge in [-0.2, -0.15) is 0 Å². The summed E-state index contributed by atoms with van der Waals surface area (Å²) in [6.07, 6.45) is 34.3. The summed E-state index contributed by atoms with van der Waals surface area (Å²) in [4.78, 5) is 23.7. The molecule has 2 aliphatic rings. The van der Waals surface area contributed by atoms with Crippen LogP contribution in [-0.2, 0) is 14.3 Å². The van der Waals surface area contributed by atoms with Crippen LogP contribution in [0.3, 0.4) is 0 Å². The minimum absolute atomic E-state index is 0.000659. The lowest BCUT2D eigenvalue weighted by Gasteiger charge is -2.36. The Kier molecular flexibility index (Phi) is 13.1. The monoisotopic (exact) mass is 584 g/mol. The second-order valence-electron chi connectivity index (χ2n) is 14.0. The number of fused-ring (bicyclic) bond motifs is 1. The van der Waals surface area contributed by atoms with Gasteiger partial charge in [-0.15, -0.1) is 0 Å². The van der Waals surface area contributed by atoms with Gasteiger partial charge in [0.05, 0.1) is 5.60 Å². The molecular weight excluding hydrogens is 528 g/mol. The van der Waals surface area contributed by atoms with E-state index in [0.717, 1.165) is 24.0 Å². The van der Waals surface area contributed by atoms with Crippen LogP contribution in [0.25, 0.3) is 0 Å². The van der Waals surface area contributed by atoms with Crippen molar-refractivity contribution < 1.29 is 14.3 Å². The molecule has 0 aromatic carbocycles. The molecular formula is C40H56O3. The Morgan fingerprint density at radius 3 is 1.74 bits per heavy atom. The van der Waals surface area contributed by atoms with E-state index in [4.69, 9.17) is 4.74 Å². The molecule has 3 nitrogen and oxygen atoms in total. The molecule has 0 spiro atoms. The van der Waals surface area contributed by atoms with Crippen molar-refractivity contribution >= 4 is 11.6 Å². The third-order valence-electron chi connectivity index (χ3n) is 8.93. The van der Waals surface area contributed by atoms with Crippen LogP contribution in [0.1, 0.15) is 108 Å². The van der Waals surface area contributed by atoms with E-state index < -0.39 is 5.41 Å². The van der Waals surface area contributed by atoms with Gasteiger partial charge in [0.25, 0.3) is 0 Å². The lowest BCUT2D eigenvalue weighted by atomic mass is 9.64. The SMILES string of the molecule is CC(=O)CCCC(C)(C)C(=O)/C=C/C(C)=C/C=C/C(C)=C/C=C/C=C(C)/C=C/C=C(C)/C=C/C12OC1(C)CCCC2(C)C. The second-order valence-corrected chi connectivity index (χ2v) is 14.0. The molecule has 2 unspecified atom stereocenters. The van der Waals surface area contributed by atoms with E-state index in [-0.39, 0.29) is 28.2 Å². The van der Waals surface area contributed by atoms with Gasteiger partial charge in [-0.1, -0.05) is 123 Å². The van der Waals surface area contributed by atoms with Gasteiger partial charge in [-0.25, -0.2) is 0 Å². The Morgan fingerprint density at radius 2 is 1.21 bits per heavy atom. The van der Waals surface area contributed by atoms with Crippen molar-refractivity contribution in [3.05, 3.63) is 107 Å². The van der Waals surface area contributed by atoms with Gasteiger partial charge in [-0.3, -0.25) is 4.79 Å². The zero-order chi connectivity index (χ0) is 32.3. The number of ether oxygens (including phenoxy) is 1. The molecule has 2 atom stereocenters. The van der Waals surface area contributed by atoms with E-state index in [1.54, 1.807) is 13.0 Å². The molecule has 0 radical (unpaired) electrons. The fraction of sp³-hybridized carbons (Fsp3) is 0.500. The van der Waals surface area contributed by atoms with E-state index in [1.165, 1.54) is 24.0 Å². The lowest BCUT2D eigenvalue weighted by molar-refractivity contribution is -0.123. The average molecular weight is 585 g/mol. The highest BCUT2D eigenvalue weighted by Crippen LogP contribution is 2.66. The first-order valence-corrected chi connectivity index (χ1v) is 15.9.